The van der Waals surface area contributed by atoms with Crippen LogP contribution in [0.25, 0.3) is 21.5 Å². The van der Waals surface area contributed by atoms with Gasteiger partial charge in [0.05, 0.1) is 6.21 Å². The number of rotatable bonds is 6. The van der Waals surface area contributed by atoms with Crippen molar-refractivity contribution in [2.45, 2.75) is 6.54 Å². The number of piperazine rings is 1. The molecule has 0 aliphatic carbocycles. The molecule has 5 nitrogen and oxygen atoms in total. The fraction of sp³-hybridized carbons (Fsp3) is 0.152. The minimum absolute atomic E-state index is 0.214. The molecule has 6 rings (SSSR count). The van der Waals surface area contributed by atoms with Crippen molar-refractivity contribution in [2.75, 3.05) is 31.1 Å². The van der Waals surface area contributed by atoms with E-state index in [1.165, 1.54) is 11.3 Å². The number of hydrogen-bond acceptors (Lipinski definition) is 4. The van der Waals surface area contributed by atoms with E-state index in [2.05, 4.69) is 81.0 Å². The van der Waals surface area contributed by atoms with Gasteiger partial charge in [-0.05, 0) is 57.4 Å². The molecule has 0 spiro atoms. The summed E-state index contributed by atoms with van der Waals surface area (Å²) in [5, 5.41) is 8.85. The summed E-state index contributed by atoms with van der Waals surface area (Å²) in [5.74, 6) is -0.214. The van der Waals surface area contributed by atoms with Crippen molar-refractivity contribution in [3.63, 3.8) is 0 Å². The van der Waals surface area contributed by atoms with Crippen molar-refractivity contribution in [1.29, 1.82) is 0 Å². The van der Waals surface area contributed by atoms with Crippen molar-refractivity contribution in [2.24, 2.45) is 5.10 Å². The highest BCUT2D eigenvalue weighted by atomic mass is 16.2. The van der Waals surface area contributed by atoms with Crippen LogP contribution < -0.4 is 10.3 Å². The fourth-order valence-electron chi connectivity index (χ4n) is 5.23. The smallest absolute Gasteiger partial charge is 0.271 e. The van der Waals surface area contributed by atoms with E-state index in [1.807, 2.05) is 48.5 Å². The van der Waals surface area contributed by atoms with Crippen LogP contribution in [0.1, 0.15) is 21.5 Å². The number of carbonyl (C=O) groups is 1. The highest BCUT2D eigenvalue weighted by molar-refractivity contribution is 6.13. The molecule has 1 aliphatic rings. The molecular formula is C33H30N4O. The lowest BCUT2D eigenvalue weighted by atomic mass is 9.97. The van der Waals surface area contributed by atoms with Gasteiger partial charge in [0, 0.05) is 49.5 Å². The van der Waals surface area contributed by atoms with Crippen molar-refractivity contribution < 1.29 is 4.79 Å². The van der Waals surface area contributed by atoms with E-state index in [1.54, 1.807) is 6.21 Å². The molecule has 1 heterocycles. The summed E-state index contributed by atoms with van der Waals surface area (Å²) in [5.41, 5.74) is 6.81. The molecule has 5 aromatic carbocycles. The third-order valence-electron chi connectivity index (χ3n) is 7.29. The molecule has 5 aromatic rings. The molecule has 1 N–H and O–H groups in total. The molecular weight excluding hydrogens is 468 g/mol. The summed E-state index contributed by atoms with van der Waals surface area (Å²) in [7, 11) is 0. The van der Waals surface area contributed by atoms with E-state index in [9.17, 15) is 4.79 Å². The van der Waals surface area contributed by atoms with Crippen LogP contribution in [0, 0.1) is 0 Å². The minimum atomic E-state index is -0.214. The number of amides is 1. The monoisotopic (exact) mass is 498 g/mol. The average molecular weight is 499 g/mol. The Hall–Kier alpha value is -4.48. The molecule has 1 aliphatic heterocycles. The van der Waals surface area contributed by atoms with E-state index in [0.717, 1.165) is 59.8 Å². The normalized spacial score (nSPS) is 14.4. The number of hydrogen-bond donors (Lipinski definition) is 1. The average Bonchev–Trinajstić information content (AvgIpc) is 2.98. The fourth-order valence-corrected chi connectivity index (χ4v) is 5.23. The summed E-state index contributed by atoms with van der Waals surface area (Å²) >= 11 is 0. The second kappa shape index (κ2) is 10.9. The highest BCUT2D eigenvalue weighted by Gasteiger charge is 2.17. The predicted octanol–water partition coefficient (Wildman–Crippen LogP) is 6.08. The van der Waals surface area contributed by atoms with E-state index in [0.29, 0.717) is 5.56 Å². The molecule has 1 fully saturated rings. The van der Waals surface area contributed by atoms with E-state index in [4.69, 9.17) is 0 Å². The van der Waals surface area contributed by atoms with Gasteiger partial charge < -0.3 is 4.90 Å². The standard InChI is InChI=1S/C33H30N4O/c38-33(35-34-23-32-30-12-6-4-8-27(30)22-28-9-5-7-13-31(28)32)26-16-14-25(15-17-26)24-36-18-20-37(21-19-36)29-10-2-1-3-11-29/h1-17,22-23H,18-21,24H2,(H,35,38)/b34-23-. The number of para-hydroxylation sites is 1. The van der Waals surface area contributed by atoms with Gasteiger partial charge in [0.2, 0.25) is 0 Å². The molecule has 188 valence electrons. The number of anilines is 1. The van der Waals surface area contributed by atoms with E-state index < -0.39 is 0 Å². The van der Waals surface area contributed by atoms with E-state index >= 15 is 0 Å². The number of nitrogens with one attached hydrogen (secondary N) is 1. The molecule has 1 saturated heterocycles. The Bertz CT molecular complexity index is 1530. The van der Waals surface area contributed by atoms with Crippen molar-refractivity contribution in [3.8, 4) is 0 Å². The Morgan fingerprint density at radius 3 is 2.00 bits per heavy atom. The summed E-state index contributed by atoms with van der Waals surface area (Å²) < 4.78 is 0. The highest BCUT2D eigenvalue weighted by Crippen LogP contribution is 2.27. The van der Waals surface area contributed by atoms with Crippen LogP contribution in [0.15, 0.2) is 114 Å². The van der Waals surface area contributed by atoms with Gasteiger partial charge in [-0.25, -0.2) is 5.43 Å². The molecule has 0 bridgehead atoms. The van der Waals surface area contributed by atoms with Gasteiger partial charge >= 0.3 is 0 Å². The van der Waals surface area contributed by atoms with Crippen LogP contribution in [-0.2, 0) is 6.54 Å². The molecule has 0 saturated carbocycles. The first-order valence-electron chi connectivity index (χ1n) is 13.1. The maximum absolute atomic E-state index is 12.8. The summed E-state index contributed by atoms with van der Waals surface area (Å²) in [4.78, 5) is 17.7. The number of fused-ring (bicyclic) bond motifs is 2. The van der Waals surface area contributed by atoms with Crippen LogP contribution in [0.3, 0.4) is 0 Å². The van der Waals surface area contributed by atoms with Crippen molar-refractivity contribution in [3.05, 3.63) is 126 Å². The Morgan fingerprint density at radius 2 is 1.34 bits per heavy atom. The number of hydrazone groups is 1. The maximum Gasteiger partial charge on any atom is 0.271 e. The first-order chi connectivity index (χ1) is 18.7. The van der Waals surface area contributed by atoms with Gasteiger partial charge in [-0.1, -0.05) is 78.9 Å². The number of carbonyl (C=O) groups excluding carboxylic acids is 1. The molecule has 0 atom stereocenters. The molecule has 5 heteroatoms. The first kappa shape index (κ1) is 23.9. The second-order valence-electron chi connectivity index (χ2n) is 9.73. The molecule has 0 aromatic heterocycles. The lowest BCUT2D eigenvalue weighted by Gasteiger charge is -2.36. The summed E-state index contributed by atoms with van der Waals surface area (Å²) in [6, 6.07) is 37.1. The lowest BCUT2D eigenvalue weighted by molar-refractivity contribution is 0.0955. The number of benzene rings is 5. The van der Waals surface area contributed by atoms with Gasteiger partial charge in [-0.2, -0.15) is 5.10 Å². The van der Waals surface area contributed by atoms with Crippen molar-refractivity contribution in [1.82, 2.24) is 10.3 Å². The van der Waals surface area contributed by atoms with Gasteiger partial charge in [-0.15, -0.1) is 0 Å². The summed E-state index contributed by atoms with van der Waals surface area (Å²) in [6.45, 7) is 4.98. The van der Waals surface area contributed by atoms with Crippen LogP contribution >= 0.6 is 0 Å². The molecule has 1 amide bonds. The third-order valence-corrected chi connectivity index (χ3v) is 7.29. The third kappa shape index (κ3) is 5.15. The van der Waals surface area contributed by atoms with Crippen LogP contribution in [-0.4, -0.2) is 43.2 Å². The number of nitrogens with zero attached hydrogens (tertiary/aromatic N) is 3. The minimum Gasteiger partial charge on any atom is -0.369 e. The SMILES string of the molecule is O=C(N/N=C\c1c2ccccc2cc2ccccc12)c1ccc(CN2CCN(c3ccccc3)CC2)cc1. The molecule has 38 heavy (non-hydrogen) atoms. The van der Waals surface area contributed by atoms with Crippen LogP contribution in [0.4, 0.5) is 5.69 Å². The molecule has 0 radical (unpaired) electrons. The molecule has 0 unspecified atom stereocenters. The summed E-state index contributed by atoms with van der Waals surface area (Å²) in [6.07, 6.45) is 1.76. The van der Waals surface area contributed by atoms with Gasteiger partial charge in [-0.3, -0.25) is 9.69 Å². The largest absolute Gasteiger partial charge is 0.369 e. The van der Waals surface area contributed by atoms with Gasteiger partial charge in [0.25, 0.3) is 5.91 Å². The van der Waals surface area contributed by atoms with E-state index in [-0.39, 0.29) is 5.91 Å². The Kier molecular flexibility index (Phi) is 6.83. The van der Waals surface area contributed by atoms with Gasteiger partial charge in [0.1, 0.15) is 0 Å². The van der Waals surface area contributed by atoms with Gasteiger partial charge in [0.15, 0.2) is 0 Å². The quantitative estimate of drug-likeness (QED) is 0.175. The van der Waals surface area contributed by atoms with Crippen LogP contribution in [0.2, 0.25) is 0 Å². The Labute approximate surface area is 223 Å². The Morgan fingerprint density at radius 1 is 0.737 bits per heavy atom. The second-order valence-corrected chi connectivity index (χ2v) is 9.73. The zero-order valence-electron chi connectivity index (χ0n) is 21.3. The van der Waals surface area contributed by atoms with Crippen LogP contribution in [0.5, 0.6) is 0 Å². The maximum atomic E-state index is 12.8. The zero-order chi connectivity index (χ0) is 25.7. The lowest BCUT2D eigenvalue weighted by Crippen LogP contribution is -2.45. The Balaban J connectivity index is 1.08. The topological polar surface area (TPSA) is 47.9 Å². The zero-order valence-corrected chi connectivity index (χ0v) is 21.3. The predicted molar refractivity (Wildman–Crippen MR) is 157 cm³/mol. The van der Waals surface area contributed by atoms with Crippen molar-refractivity contribution >= 4 is 39.4 Å². The first-order valence-corrected chi connectivity index (χ1v) is 13.1.